The summed E-state index contributed by atoms with van der Waals surface area (Å²) in [6, 6.07) is 6.17. The van der Waals surface area contributed by atoms with E-state index in [1.54, 1.807) is 38.8 Å². The van der Waals surface area contributed by atoms with E-state index in [2.05, 4.69) is 4.98 Å². The fourth-order valence-electron chi connectivity index (χ4n) is 5.09. The number of likely N-dealkylation sites (N-methyl/N-ethyl adjacent to an activating group) is 1. The van der Waals surface area contributed by atoms with Crippen LogP contribution >= 0.6 is 11.6 Å². The maximum absolute atomic E-state index is 14.4. The van der Waals surface area contributed by atoms with Crippen LogP contribution in [-0.4, -0.2) is 51.0 Å². The average Bonchev–Trinajstić information content (AvgIpc) is 3.25. The Hall–Kier alpha value is -3.66. The number of aromatic nitrogens is 1. The molecule has 3 heterocycles. The van der Waals surface area contributed by atoms with Gasteiger partial charge in [0.1, 0.15) is 5.60 Å². The largest absolute Gasteiger partial charge is 0.444 e. The number of halogens is 3. The summed E-state index contributed by atoms with van der Waals surface area (Å²) in [5.41, 5.74) is 1.30. The molecule has 11 heteroatoms. The Morgan fingerprint density at radius 2 is 1.68 bits per heavy atom. The van der Waals surface area contributed by atoms with Crippen LogP contribution in [0.25, 0.3) is 10.8 Å². The third-order valence-corrected chi connectivity index (χ3v) is 7.08. The molecule has 38 heavy (non-hydrogen) atoms. The van der Waals surface area contributed by atoms with Gasteiger partial charge in [0.25, 0.3) is 5.56 Å². The number of hydrogen-bond donors (Lipinski definition) is 1. The zero-order valence-electron chi connectivity index (χ0n) is 21.4. The van der Waals surface area contributed by atoms with Crippen molar-refractivity contribution in [3.63, 3.8) is 0 Å². The van der Waals surface area contributed by atoms with Gasteiger partial charge in [0.05, 0.1) is 18.0 Å². The maximum atomic E-state index is 14.4. The minimum atomic E-state index is -1.15. The first-order chi connectivity index (χ1) is 17.8. The van der Waals surface area contributed by atoms with Crippen LogP contribution in [0.15, 0.2) is 35.1 Å². The van der Waals surface area contributed by atoms with E-state index in [1.807, 2.05) is 12.1 Å². The molecule has 0 spiro atoms. The Kier molecular flexibility index (Phi) is 6.33. The van der Waals surface area contributed by atoms with Crippen molar-refractivity contribution in [2.45, 2.75) is 52.0 Å². The van der Waals surface area contributed by atoms with Crippen molar-refractivity contribution < 1.29 is 23.1 Å². The van der Waals surface area contributed by atoms with Gasteiger partial charge in [-0.3, -0.25) is 9.69 Å². The van der Waals surface area contributed by atoms with Crippen molar-refractivity contribution in [2.24, 2.45) is 0 Å². The topological polar surface area (TPSA) is 85.9 Å². The van der Waals surface area contributed by atoms with Crippen LogP contribution in [0.5, 0.6) is 0 Å². The van der Waals surface area contributed by atoms with E-state index < -0.39 is 34.9 Å². The molecule has 200 valence electrons. The number of carbonyl (C=O) groups is 2. The summed E-state index contributed by atoms with van der Waals surface area (Å²) in [6.07, 6.45) is -0.622. The first kappa shape index (κ1) is 26.0. The highest BCUT2D eigenvalue weighted by Gasteiger charge is 2.38. The second-order valence-corrected chi connectivity index (χ2v) is 11.1. The summed E-state index contributed by atoms with van der Waals surface area (Å²) >= 11 is 6.13. The number of hydrogen-bond acceptors (Lipinski definition) is 4. The molecule has 0 bridgehead atoms. The Balaban J connectivity index is 1.57. The molecule has 0 fully saturated rings. The molecule has 0 radical (unpaired) electrons. The number of benzene rings is 2. The van der Waals surface area contributed by atoms with Crippen molar-refractivity contribution in [2.75, 3.05) is 13.6 Å². The van der Waals surface area contributed by atoms with E-state index in [0.29, 0.717) is 29.4 Å². The molecule has 1 unspecified atom stereocenters. The van der Waals surface area contributed by atoms with Crippen LogP contribution in [0.1, 0.15) is 49.2 Å². The Labute approximate surface area is 222 Å². The highest BCUT2D eigenvalue weighted by Crippen LogP contribution is 2.36. The predicted octanol–water partition coefficient (Wildman–Crippen LogP) is 5.32. The number of fused-ring (bicyclic) bond motifs is 4. The predicted molar refractivity (Wildman–Crippen MR) is 138 cm³/mol. The zero-order chi connectivity index (χ0) is 27.5. The van der Waals surface area contributed by atoms with E-state index in [0.717, 1.165) is 23.3 Å². The molecule has 0 saturated carbocycles. The lowest BCUT2D eigenvalue weighted by Crippen LogP contribution is -2.49. The summed E-state index contributed by atoms with van der Waals surface area (Å²) in [6.45, 7) is 5.93. The molecule has 3 aromatic rings. The molecule has 2 aliphatic rings. The van der Waals surface area contributed by atoms with E-state index in [1.165, 1.54) is 9.80 Å². The van der Waals surface area contributed by atoms with Crippen molar-refractivity contribution >= 4 is 34.5 Å². The zero-order valence-corrected chi connectivity index (χ0v) is 22.2. The third kappa shape index (κ3) is 4.69. The number of amides is 3. The number of rotatable bonds is 1. The van der Waals surface area contributed by atoms with Crippen LogP contribution in [0, 0.1) is 11.6 Å². The first-order valence-corrected chi connectivity index (χ1v) is 12.5. The highest BCUT2D eigenvalue weighted by atomic mass is 35.5. The normalized spacial score (nSPS) is 16.9. The molecule has 1 atom stereocenters. The van der Waals surface area contributed by atoms with Crippen LogP contribution in [0.3, 0.4) is 0 Å². The molecule has 2 aliphatic heterocycles. The van der Waals surface area contributed by atoms with Gasteiger partial charge in [0, 0.05) is 43.0 Å². The molecule has 0 aliphatic carbocycles. The number of H-pyrrole nitrogens is 1. The van der Waals surface area contributed by atoms with E-state index >= 15 is 0 Å². The molecule has 1 aromatic heterocycles. The lowest BCUT2D eigenvalue weighted by molar-refractivity contribution is 0.0153. The van der Waals surface area contributed by atoms with Crippen molar-refractivity contribution in [1.82, 2.24) is 19.7 Å². The minimum Gasteiger partial charge on any atom is -0.444 e. The standard InChI is InChI=1S/C27H27ClF2N4O4/c1-27(2,3)38-26(37)34-12-21-23(17-8-19(29)20(30)9-18(17)24(35)31-21)22(13-34)32(4)25(36)33-10-14-5-6-16(28)7-15(14)11-33/h5-9,22H,10-13H2,1-4H3,(H,31,35). The van der Waals surface area contributed by atoms with Crippen molar-refractivity contribution in [3.8, 4) is 0 Å². The summed E-state index contributed by atoms with van der Waals surface area (Å²) in [4.78, 5) is 46.8. The molecule has 2 aromatic carbocycles. The number of pyridine rings is 1. The van der Waals surface area contributed by atoms with Crippen molar-refractivity contribution in [3.05, 3.63) is 79.7 Å². The van der Waals surface area contributed by atoms with E-state index in [4.69, 9.17) is 16.3 Å². The molecule has 5 rings (SSSR count). The molecular formula is C27H27ClF2N4O4. The van der Waals surface area contributed by atoms with Gasteiger partial charge in [-0.15, -0.1) is 0 Å². The Morgan fingerprint density at radius 3 is 2.37 bits per heavy atom. The second-order valence-electron chi connectivity index (χ2n) is 10.7. The number of nitrogens with zero attached hydrogens (tertiary/aromatic N) is 3. The van der Waals surface area contributed by atoms with Crippen LogP contribution in [0.4, 0.5) is 18.4 Å². The monoisotopic (exact) mass is 544 g/mol. The summed E-state index contributed by atoms with van der Waals surface area (Å²) < 4.78 is 34.0. The number of nitrogens with one attached hydrogen (secondary N) is 1. The molecule has 3 amide bonds. The number of urea groups is 1. The van der Waals surface area contributed by atoms with Gasteiger partial charge < -0.3 is 19.5 Å². The van der Waals surface area contributed by atoms with Gasteiger partial charge in [-0.05, 0) is 61.5 Å². The Bertz CT molecular complexity index is 1530. The van der Waals surface area contributed by atoms with Gasteiger partial charge >= 0.3 is 12.1 Å². The van der Waals surface area contributed by atoms with Crippen LogP contribution in [0.2, 0.25) is 5.02 Å². The fourth-order valence-corrected chi connectivity index (χ4v) is 5.28. The summed E-state index contributed by atoms with van der Waals surface area (Å²) in [5, 5.41) is 0.723. The smallest absolute Gasteiger partial charge is 0.410 e. The molecule has 8 nitrogen and oxygen atoms in total. The average molecular weight is 545 g/mol. The van der Waals surface area contributed by atoms with Gasteiger partial charge in [-0.2, -0.15) is 0 Å². The number of ether oxygens (including phenoxy) is 1. The lowest BCUT2D eigenvalue weighted by atomic mass is 9.93. The number of carbonyl (C=O) groups excluding carboxylic acids is 2. The second kappa shape index (κ2) is 9.27. The minimum absolute atomic E-state index is 0.0247. The van der Waals surface area contributed by atoms with Gasteiger partial charge in [-0.25, -0.2) is 18.4 Å². The molecular weight excluding hydrogens is 518 g/mol. The Morgan fingerprint density at radius 1 is 1.03 bits per heavy atom. The molecule has 1 N–H and O–H groups in total. The van der Waals surface area contributed by atoms with Crippen LogP contribution < -0.4 is 5.56 Å². The van der Waals surface area contributed by atoms with Gasteiger partial charge in [-0.1, -0.05) is 17.7 Å². The van der Waals surface area contributed by atoms with Gasteiger partial charge in [0.15, 0.2) is 11.6 Å². The SMILES string of the molecule is CN(C(=O)N1Cc2ccc(Cl)cc2C1)C1CN(C(=O)OC(C)(C)C)Cc2[nH]c(=O)c3cc(F)c(F)cc3c21. The quantitative estimate of drug-likeness (QED) is 0.449. The third-order valence-electron chi connectivity index (χ3n) is 6.84. The van der Waals surface area contributed by atoms with E-state index in [-0.39, 0.29) is 29.9 Å². The summed E-state index contributed by atoms with van der Waals surface area (Å²) in [5.74, 6) is -2.26. The lowest BCUT2D eigenvalue weighted by Gasteiger charge is -2.40. The maximum Gasteiger partial charge on any atom is 0.410 e. The molecule has 0 saturated heterocycles. The van der Waals surface area contributed by atoms with Crippen molar-refractivity contribution in [1.29, 1.82) is 0 Å². The number of aromatic amines is 1. The summed E-state index contributed by atoms with van der Waals surface area (Å²) in [7, 11) is 1.59. The highest BCUT2D eigenvalue weighted by molar-refractivity contribution is 6.30. The van der Waals surface area contributed by atoms with Gasteiger partial charge in [0.2, 0.25) is 0 Å². The van der Waals surface area contributed by atoms with Crippen LogP contribution in [-0.2, 0) is 24.4 Å². The first-order valence-electron chi connectivity index (χ1n) is 12.1. The van der Waals surface area contributed by atoms with E-state index in [9.17, 15) is 23.2 Å². The fraction of sp³-hybridized carbons (Fsp3) is 0.370.